The molecule has 0 bridgehead atoms. The number of amides is 2. The van der Waals surface area contributed by atoms with E-state index in [1.165, 1.54) is 23.5 Å². The van der Waals surface area contributed by atoms with E-state index in [2.05, 4.69) is 10.6 Å². The van der Waals surface area contributed by atoms with Crippen molar-refractivity contribution in [3.8, 4) is 0 Å². The number of benzene rings is 2. The highest BCUT2D eigenvalue weighted by Crippen LogP contribution is 2.29. The lowest BCUT2D eigenvalue weighted by Gasteiger charge is -2.14. The fourth-order valence-corrected chi connectivity index (χ4v) is 4.10. The number of hydrogen-bond acceptors (Lipinski definition) is 3. The van der Waals surface area contributed by atoms with Gasteiger partial charge in [-0.1, -0.05) is 41.4 Å². The molecule has 1 heterocycles. The molecule has 0 saturated heterocycles. The van der Waals surface area contributed by atoms with Crippen molar-refractivity contribution in [1.82, 2.24) is 5.32 Å². The second-order valence-electron chi connectivity index (χ2n) is 6.43. The van der Waals surface area contributed by atoms with Crippen LogP contribution < -0.4 is 10.6 Å². The summed E-state index contributed by atoms with van der Waals surface area (Å²) < 4.78 is 13.3. The Labute approximate surface area is 181 Å². The molecule has 3 aromatic rings. The first kappa shape index (κ1) is 21.3. The van der Waals surface area contributed by atoms with Gasteiger partial charge < -0.3 is 10.6 Å². The van der Waals surface area contributed by atoms with Crippen molar-refractivity contribution in [2.24, 2.45) is 0 Å². The SMILES string of the molecule is Cc1cc(NC(=O)c2ccccc2Cl)sc1C(=O)NC(C)c1ccc(F)c(Cl)c1. The topological polar surface area (TPSA) is 58.2 Å². The van der Waals surface area contributed by atoms with Gasteiger partial charge >= 0.3 is 0 Å². The van der Waals surface area contributed by atoms with E-state index >= 15 is 0 Å². The third-order valence-electron chi connectivity index (χ3n) is 4.27. The van der Waals surface area contributed by atoms with Crippen LogP contribution in [0.15, 0.2) is 48.5 Å². The number of aryl methyl sites for hydroxylation is 1. The van der Waals surface area contributed by atoms with Crippen LogP contribution in [0.4, 0.5) is 9.39 Å². The molecule has 1 atom stereocenters. The molecule has 4 nitrogen and oxygen atoms in total. The van der Waals surface area contributed by atoms with Crippen LogP contribution in [0, 0.1) is 12.7 Å². The lowest BCUT2D eigenvalue weighted by Crippen LogP contribution is -2.26. The maximum absolute atomic E-state index is 13.3. The van der Waals surface area contributed by atoms with Gasteiger partial charge in [-0.25, -0.2) is 4.39 Å². The monoisotopic (exact) mass is 450 g/mol. The van der Waals surface area contributed by atoms with Crippen LogP contribution in [0.3, 0.4) is 0 Å². The van der Waals surface area contributed by atoms with Crippen molar-refractivity contribution in [2.45, 2.75) is 19.9 Å². The Bertz CT molecular complexity index is 1080. The minimum Gasteiger partial charge on any atom is -0.345 e. The first-order valence-electron chi connectivity index (χ1n) is 8.68. The largest absolute Gasteiger partial charge is 0.345 e. The number of thiophene rings is 1. The minimum absolute atomic E-state index is 0.000439. The number of nitrogens with one attached hydrogen (secondary N) is 2. The highest BCUT2D eigenvalue weighted by molar-refractivity contribution is 7.18. The Morgan fingerprint density at radius 3 is 2.45 bits per heavy atom. The second kappa shape index (κ2) is 8.95. The van der Waals surface area contributed by atoms with Crippen molar-refractivity contribution < 1.29 is 14.0 Å². The third-order valence-corrected chi connectivity index (χ3v) is 6.04. The fraction of sp³-hybridized carbons (Fsp3) is 0.143. The molecular weight excluding hydrogens is 434 g/mol. The van der Waals surface area contributed by atoms with Crippen LogP contribution in [-0.2, 0) is 0 Å². The highest BCUT2D eigenvalue weighted by atomic mass is 35.5. The van der Waals surface area contributed by atoms with Crippen LogP contribution in [-0.4, -0.2) is 11.8 Å². The number of rotatable bonds is 5. The summed E-state index contributed by atoms with van der Waals surface area (Å²) in [7, 11) is 0. The summed E-state index contributed by atoms with van der Waals surface area (Å²) >= 11 is 13.0. The number of carbonyl (C=O) groups is 2. The number of halogens is 3. The number of carbonyl (C=O) groups excluding carboxylic acids is 2. The average molecular weight is 451 g/mol. The molecule has 150 valence electrons. The molecular formula is C21H17Cl2FN2O2S. The van der Waals surface area contributed by atoms with Gasteiger partial charge in [0.2, 0.25) is 0 Å². The third kappa shape index (κ3) is 4.96. The molecule has 0 aliphatic carbocycles. The van der Waals surface area contributed by atoms with Crippen LogP contribution in [0.25, 0.3) is 0 Å². The highest BCUT2D eigenvalue weighted by Gasteiger charge is 2.19. The summed E-state index contributed by atoms with van der Waals surface area (Å²) in [6.45, 7) is 3.57. The molecule has 1 unspecified atom stereocenters. The van der Waals surface area contributed by atoms with Gasteiger partial charge in [-0.05, 0) is 55.3 Å². The van der Waals surface area contributed by atoms with E-state index in [1.54, 1.807) is 50.2 Å². The predicted octanol–water partition coefficient (Wildman–Crippen LogP) is 6.25. The van der Waals surface area contributed by atoms with Gasteiger partial charge in [-0.3, -0.25) is 9.59 Å². The van der Waals surface area contributed by atoms with Crippen LogP contribution in [0.1, 0.15) is 44.1 Å². The molecule has 2 amide bonds. The molecule has 2 N–H and O–H groups in total. The number of anilines is 1. The lowest BCUT2D eigenvalue weighted by molar-refractivity contribution is 0.0942. The van der Waals surface area contributed by atoms with E-state index in [4.69, 9.17) is 23.2 Å². The molecule has 1 aromatic heterocycles. The molecule has 2 aromatic carbocycles. The van der Waals surface area contributed by atoms with E-state index in [1.807, 2.05) is 0 Å². The first-order chi connectivity index (χ1) is 13.8. The smallest absolute Gasteiger partial charge is 0.262 e. The van der Waals surface area contributed by atoms with E-state index < -0.39 is 5.82 Å². The van der Waals surface area contributed by atoms with Gasteiger partial charge in [-0.15, -0.1) is 11.3 Å². The minimum atomic E-state index is -0.512. The molecule has 0 spiro atoms. The van der Waals surface area contributed by atoms with Crippen LogP contribution >= 0.6 is 34.5 Å². The van der Waals surface area contributed by atoms with Crippen LogP contribution in [0.2, 0.25) is 10.0 Å². The van der Waals surface area contributed by atoms with E-state index in [9.17, 15) is 14.0 Å². The molecule has 0 aliphatic heterocycles. The zero-order chi connectivity index (χ0) is 21.1. The normalized spacial score (nSPS) is 11.8. The van der Waals surface area contributed by atoms with E-state index in [0.29, 0.717) is 26.0 Å². The van der Waals surface area contributed by atoms with Crippen molar-refractivity contribution in [3.63, 3.8) is 0 Å². The first-order valence-corrected chi connectivity index (χ1v) is 10.3. The Balaban J connectivity index is 1.72. The summed E-state index contributed by atoms with van der Waals surface area (Å²) in [5.41, 5.74) is 1.77. The number of hydrogen-bond donors (Lipinski definition) is 2. The van der Waals surface area contributed by atoms with Crippen molar-refractivity contribution in [2.75, 3.05) is 5.32 Å². The summed E-state index contributed by atoms with van der Waals surface area (Å²) in [5.74, 6) is -1.15. The predicted molar refractivity (Wildman–Crippen MR) is 116 cm³/mol. The molecule has 8 heteroatoms. The maximum Gasteiger partial charge on any atom is 0.262 e. The zero-order valence-electron chi connectivity index (χ0n) is 15.6. The van der Waals surface area contributed by atoms with E-state index in [-0.39, 0.29) is 22.9 Å². The Morgan fingerprint density at radius 1 is 1.03 bits per heavy atom. The van der Waals surface area contributed by atoms with Crippen molar-refractivity contribution in [3.05, 3.63) is 86.0 Å². The molecule has 3 rings (SSSR count). The van der Waals surface area contributed by atoms with Gasteiger partial charge in [0.15, 0.2) is 0 Å². The fourth-order valence-electron chi connectivity index (χ4n) is 2.72. The zero-order valence-corrected chi connectivity index (χ0v) is 17.9. The van der Waals surface area contributed by atoms with Crippen molar-refractivity contribution >= 4 is 51.4 Å². The Morgan fingerprint density at radius 2 is 1.76 bits per heavy atom. The summed E-state index contributed by atoms with van der Waals surface area (Å²) in [4.78, 5) is 25.6. The second-order valence-corrected chi connectivity index (χ2v) is 8.29. The van der Waals surface area contributed by atoms with Gasteiger partial charge in [-0.2, -0.15) is 0 Å². The van der Waals surface area contributed by atoms with Gasteiger partial charge in [0.05, 0.1) is 31.5 Å². The molecule has 0 aliphatic rings. The standard InChI is InChI=1S/C21H17Cl2FN2O2S/c1-11-9-18(26-20(27)14-5-3-4-6-15(14)22)29-19(11)21(28)25-12(2)13-7-8-17(24)16(23)10-13/h3-10,12H,1-2H3,(H,25,28)(H,26,27). The molecule has 0 saturated carbocycles. The van der Waals surface area contributed by atoms with Gasteiger partial charge in [0, 0.05) is 0 Å². The molecule has 0 fully saturated rings. The average Bonchev–Trinajstić information content (AvgIpc) is 3.04. The molecule has 29 heavy (non-hydrogen) atoms. The van der Waals surface area contributed by atoms with Gasteiger partial charge in [0.25, 0.3) is 11.8 Å². The Hall–Kier alpha value is -2.41. The quantitative estimate of drug-likeness (QED) is 0.482. The Kier molecular flexibility index (Phi) is 6.57. The summed E-state index contributed by atoms with van der Waals surface area (Å²) in [5, 5.41) is 6.52. The van der Waals surface area contributed by atoms with Crippen LogP contribution in [0.5, 0.6) is 0 Å². The van der Waals surface area contributed by atoms with Crippen molar-refractivity contribution in [1.29, 1.82) is 0 Å². The summed E-state index contributed by atoms with van der Waals surface area (Å²) in [6, 6.07) is 12.4. The maximum atomic E-state index is 13.3. The lowest BCUT2D eigenvalue weighted by atomic mass is 10.1. The van der Waals surface area contributed by atoms with Gasteiger partial charge in [0.1, 0.15) is 5.82 Å². The summed E-state index contributed by atoms with van der Waals surface area (Å²) in [6.07, 6.45) is 0. The molecule has 0 radical (unpaired) electrons. The van der Waals surface area contributed by atoms with E-state index in [0.717, 1.165) is 5.56 Å².